The predicted octanol–water partition coefficient (Wildman–Crippen LogP) is 1.57. The van der Waals surface area contributed by atoms with Crippen LogP contribution in [0.4, 0.5) is 0 Å². The molecule has 1 aliphatic heterocycles. The van der Waals surface area contributed by atoms with E-state index in [-0.39, 0.29) is 24.0 Å². The summed E-state index contributed by atoms with van der Waals surface area (Å²) in [5.74, 6) is 1.81. The maximum atomic E-state index is 5.71. The van der Waals surface area contributed by atoms with Gasteiger partial charge in [-0.1, -0.05) is 0 Å². The van der Waals surface area contributed by atoms with Crippen LogP contribution in [-0.2, 0) is 4.74 Å². The van der Waals surface area contributed by atoms with Gasteiger partial charge in [-0.05, 0) is 58.3 Å². The summed E-state index contributed by atoms with van der Waals surface area (Å²) in [6.07, 6.45) is 5.16. The molecule has 0 unspecified atom stereocenters. The van der Waals surface area contributed by atoms with E-state index in [0.717, 1.165) is 44.6 Å². The van der Waals surface area contributed by atoms with E-state index in [0.29, 0.717) is 0 Å². The first kappa shape index (κ1) is 22.9. The number of halogens is 1. The van der Waals surface area contributed by atoms with Crippen molar-refractivity contribution in [2.75, 3.05) is 80.2 Å². The SMILES string of the molecule is CN=C(NCCCN1CCCN(C)CC1)N(C)CCOCC1CC1.I. The van der Waals surface area contributed by atoms with Gasteiger partial charge in [0.1, 0.15) is 0 Å². The van der Waals surface area contributed by atoms with Crippen LogP contribution in [0, 0.1) is 5.92 Å². The molecule has 0 atom stereocenters. The zero-order valence-electron chi connectivity index (χ0n) is 16.4. The zero-order chi connectivity index (χ0) is 17.2. The molecule has 1 N–H and O–H groups in total. The highest BCUT2D eigenvalue weighted by atomic mass is 127. The van der Waals surface area contributed by atoms with Gasteiger partial charge in [0, 0.05) is 46.9 Å². The summed E-state index contributed by atoms with van der Waals surface area (Å²) in [5, 5.41) is 3.48. The molecule has 1 saturated carbocycles. The van der Waals surface area contributed by atoms with Gasteiger partial charge in [0.15, 0.2) is 5.96 Å². The molecule has 0 bridgehead atoms. The van der Waals surface area contributed by atoms with Crippen molar-refractivity contribution in [3.8, 4) is 0 Å². The van der Waals surface area contributed by atoms with Crippen molar-refractivity contribution in [1.29, 1.82) is 0 Å². The number of hydrogen-bond donors (Lipinski definition) is 1. The summed E-state index contributed by atoms with van der Waals surface area (Å²) in [6, 6.07) is 0. The molecular formula is C18H38IN5O. The van der Waals surface area contributed by atoms with Crippen LogP contribution in [0.25, 0.3) is 0 Å². The lowest BCUT2D eigenvalue weighted by Gasteiger charge is -2.23. The molecule has 0 aromatic rings. The van der Waals surface area contributed by atoms with Crippen LogP contribution in [0.15, 0.2) is 4.99 Å². The van der Waals surface area contributed by atoms with E-state index >= 15 is 0 Å². The van der Waals surface area contributed by atoms with Crippen molar-refractivity contribution in [2.45, 2.75) is 25.7 Å². The second-order valence-corrected chi connectivity index (χ2v) is 7.27. The maximum Gasteiger partial charge on any atom is 0.193 e. The first-order chi connectivity index (χ1) is 11.7. The topological polar surface area (TPSA) is 43.3 Å². The summed E-state index contributed by atoms with van der Waals surface area (Å²) < 4.78 is 5.71. The normalized spacial score (nSPS) is 20.0. The lowest BCUT2D eigenvalue weighted by atomic mass is 10.3. The molecule has 148 valence electrons. The number of guanidine groups is 1. The Kier molecular flexibility index (Phi) is 12.0. The Morgan fingerprint density at radius 2 is 2.04 bits per heavy atom. The molecule has 2 aliphatic rings. The molecule has 7 heteroatoms. The number of ether oxygens (including phenoxy) is 1. The Labute approximate surface area is 171 Å². The van der Waals surface area contributed by atoms with Crippen LogP contribution < -0.4 is 5.32 Å². The van der Waals surface area contributed by atoms with Crippen molar-refractivity contribution < 1.29 is 4.74 Å². The van der Waals surface area contributed by atoms with Gasteiger partial charge in [-0.3, -0.25) is 4.99 Å². The second-order valence-electron chi connectivity index (χ2n) is 7.27. The van der Waals surface area contributed by atoms with Crippen LogP contribution in [0.1, 0.15) is 25.7 Å². The lowest BCUT2D eigenvalue weighted by molar-refractivity contribution is 0.115. The summed E-state index contributed by atoms with van der Waals surface area (Å²) in [6.45, 7) is 9.62. The highest BCUT2D eigenvalue weighted by Gasteiger charge is 2.21. The Hall–Kier alpha value is -0.120. The third kappa shape index (κ3) is 9.96. The highest BCUT2D eigenvalue weighted by Crippen LogP contribution is 2.28. The monoisotopic (exact) mass is 467 g/mol. The van der Waals surface area contributed by atoms with Crippen molar-refractivity contribution >= 4 is 29.9 Å². The van der Waals surface area contributed by atoms with E-state index < -0.39 is 0 Å². The average Bonchev–Trinajstić information content (AvgIpc) is 3.40. The van der Waals surface area contributed by atoms with Crippen molar-refractivity contribution in [3.05, 3.63) is 0 Å². The van der Waals surface area contributed by atoms with E-state index in [9.17, 15) is 0 Å². The molecule has 1 saturated heterocycles. The van der Waals surface area contributed by atoms with Gasteiger partial charge in [-0.15, -0.1) is 24.0 Å². The standard InChI is InChI=1S/C18H37N5O.HI/c1-19-18(22(3)14-15-24-16-17-6-7-17)20-8-4-10-23-11-5-9-21(2)12-13-23;/h17H,4-16H2,1-3H3,(H,19,20);1H. The van der Waals surface area contributed by atoms with E-state index in [4.69, 9.17) is 4.74 Å². The first-order valence-corrected chi connectivity index (χ1v) is 9.59. The molecule has 0 aromatic carbocycles. The van der Waals surface area contributed by atoms with Gasteiger partial charge in [-0.25, -0.2) is 0 Å². The van der Waals surface area contributed by atoms with Gasteiger partial charge in [0.05, 0.1) is 6.61 Å². The molecule has 2 fully saturated rings. The Morgan fingerprint density at radius 3 is 2.76 bits per heavy atom. The molecule has 25 heavy (non-hydrogen) atoms. The van der Waals surface area contributed by atoms with Gasteiger partial charge in [0.2, 0.25) is 0 Å². The lowest BCUT2D eigenvalue weighted by Crippen LogP contribution is -2.41. The third-order valence-electron chi connectivity index (χ3n) is 4.94. The molecule has 1 heterocycles. The number of likely N-dealkylation sites (N-methyl/N-ethyl adjacent to an activating group) is 2. The minimum atomic E-state index is 0. The van der Waals surface area contributed by atoms with Gasteiger partial charge < -0.3 is 24.8 Å². The fourth-order valence-corrected chi connectivity index (χ4v) is 3.05. The molecule has 0 spiro atoms. The number of rotatable bonds is 9. The highest BCUT2D eigenvalue weighted by molar-refractivity contribution is 14.0. The van der Waals surface area contributed by atoms with E-state index in [2.05, 4.69) is 39.1 Å². The van der Waals surface area contributed by atoms with Gasteiger partial charge in [-0.2, -0.15) is 0 Å². The zero-order valence-corrected chi connectivity index (χ0v) is 18.7. The minimum absolute atomic E-state index is 0. The Balaban J connectivity index is 0.00000312. The van der Waals surface area contributed by atoms with Crippen molar-refractivity contribution in [2.24, 2.45) is 10.9 Å². The number of nitrogens with one attached hydrogen (secondary N) is 1. The van der Waals surface area contributed by atoms with E-state index in [1.165, 1.54) is 52.0 Å². The molecular weight excluding hydrogens is 429 g/mol. The largest absolute Gasteiger partial charge is 0.379 e. The summed E-state index contributed by atoms with van der Waals surface area (Å²) >= 11 is 0. The van der Waals surface area contributed by atoms with Crippen LogP contribution in [0.3, 0.4) is 0 Å². The number of aliphatic imine (C=N–C) groups is 1. The fourth-order valence-electron chi connectivity index (χ4n) is 3.05. The van der Waals surface area contributed by atoms with Gasteiger partial charge >= 0.3 is 0 Å². The minimum Gasteiger partial charge on any atom is -0.379 e. The molecule has 0 amide bonds. The Morgan fingerprint density at radius 1 is 1.24 bits per heavy atom. The molecule has 6 nitrogen and oxygen atoms in total. The fraction of sp³-hybridized carbons (Fsp3) is 0.944. The average molecular weight is 467 g/mol. The van der Waals surface area contributed by atoms with Crippen molar-refractivity contribution in [3.63, 3.8) is 0 Å². The third-order valence-corrected chi connectivity index (χ3v) is 4.94. The predicted molar refractivity (Wildman–Crippen MR) is 116 cm³/mol. The van der Waals surface area contributed by atoms with Gasteiger partial charge in [0.25, 0.3) is 0 Å². The summed E-state index contributed by atoms with van der Waals surface area (Å²) in [7, 11) is 6.16. The van der Waals surface area contributed by atoms with Crippen LogP contribution in [-0.4, -0.2) is 101 Å². The quantitative estimate of drug-likeness (QED) is 0.241. The van der Waals surface area contributed by atoms with E-state index in [1.54, 1.807) is 0 Å². The van der Waals surface area contributed by atoms with Crippen LogP contribution >= 0.6 is 24.0 Å². The first-order valence-electron chi connectivity index (χ1n) is 9.59. The Bertz CT molecular complexity index is 378. The smallest absolute Gasteiger partial charge is 0.193 e. The molecule has 0 aromatic heterocycles. The summed E-state index contributed by atoms with van der Waals surface area (Å²) in [4.78, 5) is 11.6. The van der Waals surface area contributed by atoms with E-state index in [1.807, 2.05) is 7.05 Å². The molecule has 2 rings (SSSR count). The molecule has 0 radical (unpaired) electrons. The second kappa shape index (κ2) is 13.1. The molecule has 1 aliphatic carbocycles. The summed E-state index contributed by atoms with van der Waals surface area (Å²) in [5.41, 5.74) is 0. The number of nitrogens with zero attached hydrogens (tertiary/aromatic N) is 4. The maximum absolute atomic E-state index is 5.71. The van der Waals surface area contributed by atoms with Crippen LogP contribution in [0.2, 0.25) is 0 Å². The van der Waals surface area contributed by atoms with Crippen LogP contribution in [0.5, 0.6) is 0 Å². The number of hydrogen-bond acceptors (Lipinski definition) is 4. The van der Waals surface area contributed by atoms with Crippen molar-refractivity contribution in [1.82, 2.24) is 20.0 Å².